The predicted octanol–water partition coefficient (Wildman–Crippen LogP) is 2.43. The molecule has 2 aromatic rings. The van der Waals surface area contributed by atoms with Crippen LogP contribution in [0, 0.1) is 0 Å². The first kappa shape index (κ1) is 14.9. The highest BCUT2D eigenvalue weighted by Gasteiger charge is 2.25. The van der Waals surface area contributed by atoms with E-state index >= 15 is 0 Å². The number of carbonyl (C=O) groups is 2. The fourth-order valence-electron chi connectivity index (χ4n) is 2.91. The lowest BCUT2D eigenvalue weighted by Gasteiger charge is -2.11. The molecule has 3 N–H and O–H groups in total. The van der Waals surface area contributed by atoms with Gasteiger partial charge < -0.3 is 16.0 Å². The van der Waals surface area contributed by atoms with Crippen LogP contribution >= 0.6 is 0 Å². The first-order valence-electron chi connectivity index (χ1n) is 8.24. The van der Waals surface area contributed by atoms with E-state index in [1.807, 2.05) is 24.3 Å². The molecule has 1 heterocycles. The van der Waals surface area contributed by atoms with Crippen molar-refractivity contribution in [1.29, 1.82) is 0 Å². The summed E-state index contributed by atoms with van der Waals surface area (Å²) in [5, 5.41) is 9.10. The molecule has 5 nitrogen and oxygen atoms in total. The Bertz CT molecular complexity index is 812. The third-order valence-electron chi connectivity index (χ3n) is 4.43. The van der Waals surface area contributed by atoms with Gasteiger partial charge in [0.05, 0.1) is 11.3 Å². The second kappa shape index (κ2) is 6.09. The number of benzene rings is 2. The van der Waals surface area contributed by atoms with Crippen molar-refractivity contribution in [2.24, 2.45) is 0 Å². The SMILES string of the molecule is O=C(Nc1ccccc1C(=O)NC1CC1)c1ccc2c(c1)CNC2. The molecule has 0 unspecified atom stereocenters. The zero-order valence-corrected chi connectivity index (χ0v) is 13.3. The number of amides is 2. The normalized spacial score (nSPS) is 15.7. The van der Waals surface area contributed by atoms with E-state index in [9.17, 15) is 9.59 Å². The monoisotopic (exact) mass is 321 g/mol. The highest BCUT2D eigenvalue weighted by atomic mass is 16.2. The third kappa shape index (κ3) is 3.03. The molecule has 5 heteroatoms. The third-order valence-corrected chi connectivity index (χ3v) is 4.43. The molecule has 0 aromatic heterocycles. The van der Waals surface area contributed by atoms with E-state index in [1.54, 1.807) is 18.2 Å². The highest BCUT2D eigenvalue weighted by Crippen LogP contribution is 2.22. The van der Waals surface area contributed by atoms with Gasteiger partial charge in [0.2, 0.25) is 0 Å². The smallest absolute Gasteiger partial charge is 0.255 e. The lowest BCUT2D eigenvalue weighted by molar-refractivity contribution is 0.0952. The maximum absolute atomic E-state index is 12.6. The molecule has 122 valence electrons. The van der Waals surface area contributed by atoms with Crippen LogP contribution in [0.3, 0.4) is 0 Å². The van der Waals surface area contributed by atoms with Crippen molar-refractivity contribution >= 4 is 17.5 Å². The van der Waals surface area contributed by atoms with Crippen LogP contribution in [0.25, 0.3) is 0 Å². The number of anilines is 1. The quantitative estimate of drug-likeness (QED) is 0.810. The summed E-state index contributed by atoms with van der Waals surface area (Å²) < 4.78 is 0. The number of hydrogen-bond acceptors (Lipinski definition) is 3. The Labute approximate surface area is 140 Å². The lowest BCUT2D eigenvalue weighted by atomic mass is 10.1. The van der Waals surface area contributed by atoms with E-state index < -0.39 is 0 Å². The molecule has 2 aliphatic rings. The zero-order chi connectivity index (χ0) is 16.5. The Balaban J connectivity index is 1.54. The summed E-state index contributed by atoms with van der Waals surface area (Å²) in [7, 11) is 0. The molecule has 0 spiro atoms. The number of nitrogens with one attached hydrogen (secondary N) is 3. The van der Waals surface area contributed by atoms with Crippen LogP contribution in [-0.2, 0) is 13.1 Å². The summed E-state index contributed by atoms with van der Waals surface area (Å²) in [6, 6.07) is 13.1. The molecule has 2 aromatic carbocycles. The minimum absolute atomic E-state index is 0.133. The topological polar surface area (TPSA) is 70.2 Å². The van der Waals surface area contributed by atoms with Crippen molar-refractivity contribution < 1.29 is 9.59 Å². The summed E-state index contributed by atoms with van der Waals surface area (Å²) in [6.45, 7) is 1.64. The molecule has 0 saturated heterocycles. The maximum Gasteiger partial charge on any atom is 0.255 e. The largest absolute Gasteiger partial charge is 0.349 e. The Hall–Kier alpha value is -2.66. The molecular formula is C19H19N3O2. The van der Waals surface area contributed by atoms with E-state index in [1.165, 1.54) is 5.56 Å². The van der Waals surface area contributed by atoms with Crippen LogP contribution in [0.1, 0.15) is 44.7 Å². The first-order chi connectivity index (χ1) is 11.7. The molecule has 24 heavy (non-hydrogen) atoms. The number of para-hydroxylation sites is 1. The van der Waals surface area contributed by atoms with Gasteiger partial charge in [-0.3, -0.25) is 9.59 Å². The number of hydrogen-bond donors (Lipinski definition) is 3. The van der Waals surface area contributed by atoms with Crippen LogP contribution in [-0.4, -0.2) is 17.9 Å². The molecule has 1 saturated carbocycles. The van der Waals surface area contributed by atoms with E-state index in [-0.39, 0.29) is 17.9 Å². The van der Waals surface area contributed by atoms with Gasteiger partial charge >= 0.3 is 0 Å². The fourth-order valence-corrected chi connectivity index (χ4v) is 2.91. The zero-order valence-electron chi connectivity index (χ0n) is 13.3. The highest BCUT2D eigenvalue weighted by molar-refractivity contribution is 6.09. The molecular weight excluding hydrogens is 302 g/mol. The molecule has 0 atom stereocenters. The van der Waals surface area contributed by atoms with Gasteiger partial charge in [-0.1, -0.05) is 18.2 Å². The van der Waals surface area contributed by atoms with Crippen molar-refractivity contribution in [1.82, 2.24) is 10.6 Å². The van der Waals surface area contributed by atoms with Gasteiger partial charge in [-0.05, 0) is 48.2 Å². The van der Waals surface area contributed by atoms with Gasteiger partial charge in [0.25, 0.3) is 11.8 Å². The summed E-state index contributed by atoms with van der Waals surface area (Å²) >= 11 is 0. The molecule has 0 radical (unpaired) electrons. The second-order valence-electron chi connectivity index (χ2n) is 6.33. The van der Waals surface area contributed by atoms with Gasteiger partial charge in [0.15, 0.2) is 0 Å². The van der Waals surface area contributed by atoms with Crippen molar-refractivity contribution in [3.8, 4) is 0 Å². The first-order valence-corrected chi connectivity index (χ1v) is 8.24. The molecule has 2 amide bonds. The van der Waals surface area contributed by atoms with E-state index in [0.717, 1.165) is 31.5 Å². The molecule has 1 fully saturated rings. The van der Waals surface area contributed by atoms with Gasteiger partial charge in [-0.25, -0.2) is 0 Å². The van der Waals surface area contributed by atoms with Crippen LogP contribution in [0.5, 0.6) is 0 Å². The lowest BCUT2D eigenvalue weighted by Crippen LogP contribution is -2.27. The summed E-state index contributed by atoms with van der Waals surface area (Å²) in [5.41, 5.74) is 4.04. The summed E-state index contributed by atoms with van der Waals surface area (Å²) in [4.78, 5) is 24.9. The maximum atomic E-state index is 12.6. The van der Waals surface area contributed by atoms with E-state index in [4.69, 9.17) is 0 Å². The minimum atomic E-state index is -0.198. The summed E-state index contributed by atoms with van der Waals surface area (Å²) in [6.07, 6.45) is 2.06. The number of fused-ring (bicyclic) bond motifs is 1. The molecule has 4 rings (SSSR count). The van der Waals surface area contributed by atoms with Gasteiger partial charge in [0.1, 0.15) is 0 Å². The Kier molecular flexibility index (Phi) is 3.78. The molecule has 1 aliphatic heterocycles. The van der Waals surface area contributed by atoms with Crippen LogP contribution < -0.4 is 16.0 Å². The average Bonchev–Trinajstić information content (AvgIpc) is 3.28. The Morgan fingerprint density at radius 3 is 2.58 bits per heavy atom. The Morgan fingerprint density at radius 1 is 0.958 bits per heavy atom. The number of carbonyl (C=O) groups excluding carboxylic acids is 2. The fraction of sp³-hybridized carbons (Fsp3) is 0.263. The van der Waals surface area contributed by atoms with E-state index in [0.29, 0.717) is 16.8 Å². The minimum Gasteiger partial charge on any atom is -0.349 e. The number of rotatable bonds is 4. The van der Waals surface area contributed by atoms with E-state index in [2.05, 4.69) is 16.0 Å². The van der Waals surface area contributed by atoms with Crippen LogP contribution in [0.4, 0.5) is 5.69 Å². The van der Waals surface area contributed by atoms with Gasteiger partial charge in [-0.2, -0.15) is 0 Å². The van der Waals surface area contributed by atoms with Gasteiger partial charge in [-0.15, -0.1) is 0 Å². The molecule has 1 aliphatic carbocycles. The van der Waals surface area contributed by atoms with Crippen molar-refractivity contribution in [2.45, 2.75) is 32.0 Å². The average molecular weight is 321 g/mol. The van der Waals surface area contributed by atoms with Crippen molar-refractivity contribution in [2.75, 3.05) is 5.32 Å². The van der Waals surface area contributed by atoms with Gasteiger partial charge in [0, 0.05) is 24.7 Å². The standard InChI is InChI=1S/C19H19N3O2/c23-18(12-5-6-13-10-20-11-14(13)9-12)22-17-4-2-1-3-16(17)19(24)21-15-7-8-15/h1-6,9,15,20H,7-8,10-11H2,(H,21,24)(H,22,23). The van der Waals surface area contributed by atoms with Crippen molar-refractivity contribution in [3.05, 3.63) is 64.7 Å². The van der Waals surface area contributed by atoms with Crippen LogP contribution in [0.15, 0.2) is 42.5 Å². The van der Waals surface area contributed by atoms with Crippen molar-refractivity contribution in [3.63, 3.8) is 0 Å². The molecule has 0 bridgehead atoms. The van der Waals surface area contributed by atoms with Crippen LogP contribution in [0.2, 0.25) is 0 Å². The second-order valence-corrected chi connectivity index (χ2v) is 6.33. The predicted molar refractivity (Wildman–Crippen MR) is 91.9 cm³/mol. The summed E-state index contributed by atoms with van der Waals surface area (Å²) in [5.74, 6) is -0.331. The Morgan fingerprint density at radius 2 is 1.75 bits per heavy atom.